The fourth-order valence-electron chi connectivity index (χ4n) is 3.67. The largest absolute Gasteiger partial charge is 0.444 e. The van der Waals surface area contributed by atoms with Crippen molar-refractivity contribution in [1.29, 1.82) is 0 Å². The summed E-state index contributed by atoms with van der Waals surface area (Å²) in [6.45, 7) is 13.7. The smallest absolute Gasteiger partial charge is 0.408 e. The molecule has 1 aliphatic rings. The molecule has 1 saturated heterocycles. The first-order chi connectivity index (χ1) is 14.6. The third kappa shape index (κ3) is 6.43. The van der Waals surface area contributed by atoms with Gasteiger partial charge in [0.2, 0.25) is 5.91 Å². The number of rotatable bonds is 4. The number of hydrogen-bond acceptors (Lipinski definition) is 4. The average Bonchev–Trinajstić information content (AvgIpc) is 2.62. The standard InChI is InChI=1S/C23H33BrFN3O4/c1-14(2)18(26-21(31)32-22(3,4)5)20(30)27-10-11-28(23(6,7)13-27)19(29)16-9-8-15(25)12-17(16)24/h8-9,12,14,18H,10-11,13H2,1-7H3,(H,26,31)/t18-/m0/s1. The number of nitrogens with one attached hydrogen (secondary N) is 1. The highest BCUT2D eigenvalue weighted by Crippen LogP contribution is 2.27. The second kappa shape index (κ2) is 9.77. The third-order valence-electron chi connectivity index (χ3n) is 5.23. The fraction of sp³-hybridized carbons (Fsp3) is 0.609. The maximum atomic E-state index is 13.4. The van der Waals surface area contributed by atoms with E-state index in [0.29, 0.717) is 29.7 Å². The predicted molar refractivity (Wildman–Crippen MR) is 124 cm³/mol. The van der Waals surface area contributed by atoms with Crippen LogP contribution < -0.4 is 5.32 Å². The first kappa shape index (κ1) is 26.1. The third-order valence-corrected chi connectivity index (χ3v) is 5.88. The van der Waals surface area contributed by atoms with Crippen molar-refractivity contribution in [2.45, 2.75) is 65.6 Å². The van der Waals surface area contributed by atoms with Crippen molar-refractivity contribution in [3.8, 4) is 0 Å². The van der Waals surface area contributed by atoms with Crippen LogP contribution in [0.2, 0.25) is 0 Å². The molecule has 0 radical (unpaired) electrons. The SMILES string of the molecule is CC(C)[C@H](NC(=O)OC(C)(C)C)C(=O)N1CCN(C(=O)c2ccc(F)cc2Br)C(C)(C)C1. The Morgan fingerprint density at radius 3 is 2.31 bits per heavy atom. The molecule has 1 N–H and O–H groups in total. The second-order valence-electron chi connectivity index (χ2n) is 10.0. The van der Waals surface area contributed by atoms with Gasteiger partial charge in [-0.2, -0.15) is 0 Å². The molecule has 2 rings (SSSR count). The number of ether oxygens (including phenoxy) is 1. The number of benzene rings is 1. The van der Waals surface area contributed by atoms with Crippen molar-refractivity contribution < 1.29 is 23.5 Å². The summed E-state index contributed by atoms with van der Waals surface area (Å²) >= 11 is 3.26. The molecule has 178 valence electrons. The molecule has 0 unspecified atom stereocenters. The maximum absolute atomic E-state index is 13.4. The zero-order valence-corrected chi connectivity index (χ0v) is 21.4. The maximum Gasteiger partial charge on any atom is 0.408 e. The number of piperazine rings is 1. The number of hydrogen-bond donors (Lipinski definition) is 1. The lowest BCUT2D eigenvalue weighted by Crippen LogP contribution is -2.64. The molecule has 1 aromatic rings. The molecule has 32 heavy (non-hydrogen) atoms. The molecule has 0 aromatic heterocycles. The van der Waals surface area contributed by atoms with Gasteiger partial charge < -0.3 is 19.9 Å². The number of alkyl carbamates (subject to hydrolysis) is 1. The summed E-state index contributed by atoms with van der Waals surface area (Å²) in [7, 11) is 0. The summed E-state index contributed by atoms with van der Waals surface area (Å²) in [6, 6.07) is 3.22. The lowest BCUT2D eigenvalue weighted by molar-refractivity contribution is -0.138. The molecule has 1 aromatic carbocycles. The van der Waals surface area contributed by atoms with Gasteiger partial charge in [-0.25, -0.2) is 9.18 Å². The van der Waals surface area contributed by atoms with Crippen molar-refractivity contribution >= 4 is 33.8 Å². The molecule has 7 nitrogen and oxygen atoms in total. The van der Waals surface area contributed by atoms with Crippen LogP contribution in [0.4, 0.5) is 9.18 Å². The number of nitrogens with zero attached hydrogens (tertiary/aromatic N) is 2. The highest BCUT2D eigenvalue weighted by atomic mass is 79.9. The minimum Gasteiger partial charge on any atom is -0.444 e. The lowest BCUT2D eigenvalue weighted by Gasteiger charge is -2.48. The molecule has 3 amide bonds. The molecular formula is C23H33BrFN3O4. The molecule has 1 heterocycles. The Morgan fingerprint density at radius 2 is 1.81 bits per heavy atom. The Balaban J connectivity index is 2.14. The molecule has 0 saturated carbocycles. The lowest BCUT2D eigenvalue weighted by atomic mass is 9.95. The summed E-state index contributed by atoms with van der Waals surface area (Å²) in [6.07, 6.45) is -0.640. The number of carbonyl (C=O) groups is 3. The van der Waals surface area contributed by atoms with Crippen LogP contribution in [-0.2, 0) is 9.53 Å². The Bertz CT molecular complexity index is 882. The molecule has 1 aliphatic heterocycles. The van der Waals surface area contributed by atoms with Crippen molar-refractivity contribution in [2.24, 2.45) is 5.92 Å². The molecule has 9 heteroatoms. The van der Waals surface area contributed by atoms with Gasteiger partial charge in [-0.15, -0.1) is 0 Å². The zero-order valence-electron chi connectivity index (χ0n) is 19.8. The Kier molecular flexibility index (Phi) is 7.96. The minimum atomic E-state index is -0.742. The quantitative estimate of drug-likeness (QED) is 0.654. The Labute approximate surface area is 197 Å². The van der Waals surface area contributed by atoms with E-state index < -0.39 is 29.1 Å². The van der Waals surface area contributed by atoms with E-state index in [1.54, 1.807) is 30.6 Å². The van der Waals surface area contributed by atoms with E-state index in [1.807, 2.05) is 27.7 Å². The van der Waals surface area contributed by atoms with Crippen LogP contribution in [-0.4, -0.2) is 64.5 Å². The van der Waals surface area contributed by atoms with Crippen molar-refractivity contribution in [3.63, 3.8) is 0 Å². The van der Waals surface area contributed by atoms with E-state index in [2.05, 4.69) is 21.2 Å². The van der Waals surface area contributed by atoms with Gasteiger partial charge >= 0.3 is 6.09 Å². The summed E-state index contributed by atoms with van der Waals surface area (Å²) in [5.74, 6) is -1.02. The molecule has 1 atom stereocenters. The molecule has 0 spiro atoms. The summed E-state index contributed by atoms with van der Waals surface area (Å²) in [5.41, 5.74) is -0.963. The number of amides is 3. The van der Waals surface area contributed by atoms with Gasteiger partial charge in [0.1, 0.15) is 17.5 Å². The Morgan fingerprint density at radius 1 is 1.19 bits per heavy atom. The van der Waals surface area contributed by atoms with Crippen molar-refractivity contribution in [2.75, 3.05) is 19.6 Å². The first-order valence-electron chi connectivity index (χ1n) is 10.7. The van der Waals surface area contributed by atoms with Gasteiger partial charge in [-0.3, -0.25) is 9.59 Å². The molecule has 1 fully saturated rings. The van der Waals surface area contributed by atoms with Crippen LogP contribution in [0.3, 0.4) is 0 Å². The van der Waals surface area contributed by atoms with E-state index >= 15 is 0 Å². The Hall–Kier alpha value is -2.16. The van der Waals surface area contributed by atoms with Crippen LogP contribution in [0, 0.1) is 11.7 Å². The van der Waals surface area contributed by atoms with Crippen LogP contribution in [0.15, 0.2) is 22.7 Å². The van der Waals surface area contributed by atoms with E-state index in [-0.39, 0.29) is 17.7 Å². The van der Waals surface area contributed by atoms with E-state index in [9.17, 15) is 18.8 Å². The normalized spacial score (nSPS) is 17.2. The minimum absolute atomic E-state index is 0.145. The fourth-order valence-corrected chi connectivity index (χ4v) is 4.19. The predicted octanol–water partition coefficient (Wildman–Crippen LogP) is 4.20. The van der Waals surface area contributed by atoms with Crippen LogP contribution in [0.25, 0.3) is 0 Å². The first-order valence-corrected chi connectivity index (χ1v) is 11.5. The second-order valence-corrected chi connectivity index (χ2v) is 10.9. The molecule has 0 bridgehead atoms. The highest BCUT2D eigenvalue weighted by Gasteiger charge is 2.41. The highest BCUT2D eigenvalue weighted by molar-refractivity contribution is 9.10. The van der Waals surface area contributed by atoms with Gasteiger partial charge in [0.05, 0.1) is 11.1 Å². The van der Waals surface area contributed by atoms with Crippen LogP contribution in [0.5, 0.6) is 0 Å². The summed E-state index contributed by atoms with van der Waals surface area (Å²) < 4.78 is 19.1. The number of halogens is 2. The van der Waals surface area contributed by atoms with Gasteiger partial charge in [-0.1, -0.05) is 13.8 Å². The van der Waals surface area contributed by atoms with Gasteiger partial charge in [0.25, 0.3) is 5.91 Å². The van der Waals surface area contributed by atoms with Gasteiger partial charge in [0, 0.05) is 24.1 Å². The van der Waals surface area contributed by atoms with Gasteiger partial charge in [-0.05, 0) is 74.7 Å². The topological polar surface area (TPSA) is 79.0 Å². The summed E-state index contributed by atoms with van der Waals surface area (Å²) in [5, 5.41) is 2.70. The monoisotopic (exact) mass is 513 g/mol. The molecule has 0 aliphatic carbocycles. The van der Waals surface area contributed by atoms with E-state index in [1.165, 1.54) is 18.2 Å². The average molecular weight is 514 g/mol. The van der Waals surface area contributed by atoms with Crippen molar-refractivity contribution in [3.05, 3.63) is 34.1 Å². The zero-order chi connectivity index (χ0) is 24.4. The molecular weight excluding hydrogens is 481 g/mol. The van der Waals surface area contributed by atoms with Gasteiger partial charge in [0.15, 0.2) is 0 Å². The van der Waals surface area contributed by atoms with Crippen molar-refractivity contribution in [1.82, 2.24) is 15.1 Å². The van der Waals surface area contributed by atoms with E-state index in [0.717, 1.165) is 0 Å². The van der Waals surface area contributed by atoms with Crippen LogP contribution in [0.1, 0.15) is 58.8 Å². The van der Waals surface area contributed by atoms with Crippen LogP contribution >= 0.6 is 15.9 Å². The number of carbonyl (C=O) groups excluding carboxylic acids is 3. The summed E-state index contributed by atoms with van der Waals surface area (Å²) in [4.78, 5) is 42.0. The van der Waals surface area contributed by atoms with E-state index in [4.69, 9.17) is 4.74 Å².